The molecule has 0 aliphatic heterocycles. The molecule has 92 valence electrons. The minimum Gasteiger partial charge on any atom is -0.483 e. The first kappa shape index (κ1) is 12.3. The van der Waals surface area contributed by atoms with Crippen molar-refractivity contribution in [1.29, 1.82) is 0 Å². The highest BCUT2D eigenvalue weighted by Gasteiger charge is 2.31. The number of nitro benzene ring substituents is 1. The summed E-state index contributed by atoms with van der Waals surface area (Å²) in [6, 6.07) is 2.07. The van der Waals surface area contributed by atoms with E-state index in [4.69, 9.17) is 10.5 Å². The summed E-state index contributed by atoms with van der Waals surface area (Å²) in [6.07, 6.45) is 1.17. The van der Waals surface area contributed by atoms with Crippen molar-refractivity contribution in [3.8, 4) is 5.75 Å². The first-order valence-electron chi connectivity index (χ1n) is 5.03. The van der Waals surface area contributed by atoms with Gasteiger partial charge in [0.1, 0.15) is 11.9 Å². The normalized spacial score (nSPS) is 23.0. The van der Waals surface area contributed by atoms with Crippen molar-refractivity contribution in [3.05, 3.63) is 32.5 Å². The van der Waals surface area contributed by atoms with Crippen molar-refractivity contribution in [1.82, 2.24) is 0 Å². The van der Waals surface area contributed by atoms with Gasteiger partial charge < -0.3 is 10.5 Å². The molecule has 17 heavy (non-hydrogen) atoms. The molecule has 1 fully saturated rings. The number of hydrogen-bond acceptors (Lipinski definition) is 4. The fourth-order valence-corrected chi connectivity index (χ4v) is 2.18. The average Bonchev–Trinajstić information content (AvgIpc) is 2.18. The second-order valence-corrected chi connectivity index (χ2v) is 4.82. The molecule has 0 amide bonds. The number of nitrogens with two attached hydrogens (primary N) is 1. The van der Waals surface area contributed by atoms with Crippen molar-refractivity contribution >= 4 is 21.6 Å². The summed E-state index contributed by atoms with van der Waals surface area (Å²) in [5, 5.41) is 10.8. The highest BCUT2D eigenvalue weighted by Crippen LogP contribution is 2.38. The van der Waals surface area contributed by atoms with Crippen LogP contribution in [0.5, 0.6) is 5.75 Å². The maximum atomic E-state index is 13.1. The van der Waals surface area contributed by atoms with Crippen molar-refractivity contribution in [2.75, 3.05) is 0 Å². The van der Waals surface area contributed by atoms with Crippen LogP contribution in [0.2, 0.25) is 0 Å². The standard InChI is InChI=1S/C10H10BrFN2O3/c11-8-1-5(12)2-9(14(15)16)10(8)17-7-3-6(13)4-7/h1-2,6-7H,3-4,13H2. The van der Waals surface area contributed by atoms with Gasteiger partial charge in [0.2, 0.25) is 5.75 Å². The molecule has 7 heteroatoms. The van der Waals surface area contributed by atoms with Gasteiger partial charge in [0.05, 0.1) is 15.5 Å². The number of nitrogens with zero attached hydrogens (tertiary/aromatic N) is 1. The van der Waals surface area contributed by atoms with E-state index in [0.29, 0.717) is 12.8 Å². The SMILES string of the molecule is NC1CC(Oc2c(Br)cc(F)cc2[N+](=O)[O-])C1. The van der Waals surface area contributed by atoms with Gasteiger partial charge in [0, 0.05) is 6.04 Å². The summed E-state index contributed by atoms with van der Waals surface area (Å²) in [7, 11) is 0. The lowest BCUT2D eigenvalue weighted by Gasteiger charge is -2.32. The van der Waals surface area contributed by atoms with Gasteiger partial charge in [-0.25, -0.2) is 4.39 Å². The highest BCUT2D eigenvalue weighted by atomic mass is 79.9. The van der Waals surface area contributed by atoms with E-state index in [9.17, 15) is 14.5 Å². The lowest BCUT2D eigenvalue weighted by Crippen LogP contribution is -2.43. The fourth-order valence-electron chi connectivity index (χ4n) is 1.67. The van der Waals surface area contributed by atoms with E-state index in [2.05, 4.69) is 15.9 Å². The van der Waals surface area contributed by atoms with Crippen molar-refractivity contribution < 1.29 is 14.1 Å². The molecule has 0 heterocycles. The molecule has 1 aromatic carbocycles. The number of halogens is 2. The molecule has 2 rings (SSSR count). The molecule has 0 atom stereocenters. The van der Waals surface area contributed by atoms with Crippen LogP contribution < -0.4 is 10.5 Å². The third-order valence-corrected chi connectivity index (χ3v) is 3.19. The summed E-state index contributed by atoms with van der Waals surface area (Å²) in [6.45, 7) is 0. The summed E-state index contributed by atoms with van der Waals surface area (Å²) in [5.41, 5.74) is 5.22. The predicted octanol–water partition coefficient (Wildman–Crippen LogP) is 2.36. The zero-order chi connectivity index (χ0) is 12.6. The Balaban J connectivity index is 2.28. The molecule has 0 saturated heterocycles. The molecule has 2 N–H and O–H groups in total. The van der Waals surface area contributed by atoms with Gasteiger partial charge in [-0.15, -0.1) is 0 Å². The molecular formula is C10H10BrFN2O3. The molecule has 0 bridgehead atoms. The van der Waals surface area contributed by atoms with Gasteiger partial charge >= 0.3 is 5.69 Å². The zero-order valence-corrected chi connectivity index (χ0v) is 10.3. The molecule has 0 radical (unpaired) electrons. The Hall–Kier alpha value is -1.21. The van der Waals surface area contributed by atoms with Crippen molar-refractivity contribution in [3.63, 3.8) is 0 Å². The lowest BCUT2D eigenvalue weighted by molar-refractivity contribution is -0.386. The molecule has 0 aromatic heterocycles. The Labute approximate surface area is 105 Å². The first-order valence-corrected chi connectivity index (χ1v) is 5.82. The third kappa shape index (κ3) is 2.55. The van der Waals surface area contributed by atoms with Crippen LogP contribution in [0, 0.1) is 15.9 Å². The first-order chi connectivity index (χ1) is 7.97. The van der Waals surface area contributed by atoms with Gasteiger partial charge in [-0.1, -0.05) is 0 Å². The Bertz CT molecular complexity index is 463. The molecule has 1 aliphatic carbocycles. The monoisotopic (exact) mass is 304 g/mol. The van der Waals surface area contributed by atoms with E-state index in [1.165, 1.54) is 0 Å². The molecule has 0 unspecified atom stereocenters. The summed E-state index contributed by atoms with van der Waals surface area (Å²) >= 11 is 3.06. The molecule has 5 nitrogen and oxygen atoms in total. The fraction of sp³-hybridized carbons (Fsp3) is 0.400. The molecule has 1 aromatic rings. The molecule has 1 saturated carbocycles. The largest absolute Gasteiger partial charge is 0.483 e. The quantitative estimate of drug-likeness (QED) is 0.687. The van der Waals surface area contributed by atoms with Gasteiger partial charge in [0.25, 0.3) is 0 Å². The van der Waals surface area contributed by atoms with Gasteiger partial charge in [0.15, 0.2) is 0 Å². The van der Waals surface area contributed by atoms with Crippen molar-refractivity contribution in [2.45, 2.75) is 25.0 Å². The Morgan fingerprint density at radius 1 is 1.53 bits per heavy atom. The van der Waals surface area contributed by atoms with Crippen LogP contribution in [-0.4, -0.2) is 17.1 Å². The minimum absolute atomic E-state index is 0.0632. The van der Waals surface area contributed by atoms with Crippen LogP contribution in [0.4, 0.5) is 10.1 Å². The number of hydrogen-bond donors (Lipinski definition) is 1. The zero-order valence-electron chi connectivity index (χ0n) is 8.73. The van der Waals surface area contributed by atoms with Crippen LogP contribution in [0.15, 0.2) is 16.6 Å². The maximum absolute atomic E-state index is 13.1. The number of rotatable bonds is 3. The predicted molar refractivity (Wildman–Crippen MR) is 62.4 cm³/mol. The maximum Gasteiger partial charge on any atom is 0.315 e. The van der Waals surface area contributed by atoms with E-state index < -0.39 is 10.7 Å². The van der Waals surface area contributed by atoms with Gasteiger partial charge in [-0.05, 0) is 34.8 Å². The molecule has 0 spiro atoms. The number of ether oxygens (including phenoxy) is 1. The van der Waals surface area contributed by atoms with Crippen molar-refractivity contribution in [2.24, 2.45) is 5.73 Å². The third-order valence-electron chi connectivity index (χ3n) is 2.60. The van der Waals surface area contributed by atoms with E-state index in [1.807, 2.05) is 0 Å². The topological polar surface area (TPSA) is 78.4 Å². The Kier molecular flexibility index (Phi) is 3.30. The Morgan fingerprint density at radius 2 is 2.18 bits per heavy atom. The van der Waals surface area contributed by atoms with E-state index in [0.717, 1.165) is 12.1 Å². The highest BCUT2D eigenvalue weighted by molar-refractivity contribution is 9.10. The summed E-state index contributed by atoms with van der Waals surface area (Å²) in [5.74, 6) is -0.616. The van der Waals surface area contributed by atoms with Gasteiger partial charge in [-0.3, -0.25) is 10.1 Å². The second-order valence-electron chi connectivity index (χ2n) is 3.96. The smallest absolute Gasteiger partial charge is 0.315 e. The van der Waals surface area contributed by atoms with E-state index in [-0.39, 0.29) is 28.1 Å². The summed E-state index contributed by atoms with van der Waals surface area (Å²) in [4.78, 5) is 10.1. The van der Waals surface area contributed by atoms with E-state index >= 15 is 0 Å². The van der Waals surface area contributed by atoms with Crippen LogP contribution in [0.25, 0.3) is 0 Å². The van der Waals surface area contributed by atoms with Gasteiger partial charge in [-0.2, -0.15) is 0 Å². The van der Waals surface area contributed by atoms with Crippen LogP contribution in [0.1, 0.15) is 12.8 Å². The number of benzene rings is 1. The molecule has 1 aliphatic rings. The lowest BCUT2D eigenvalue weighted by atomic mass is 9.90. The van der Waals surface area contributed by atoms with Crippen LogP contribution >= 0.6 is 15.9 Å². The average molecular weight is 305 g/mol. The number of nitro groups is 1. The van der Waals surface area contributed by atoms with Crippen LogP contribution in [0.3, 0.4) is 0 Å². The van der Waals surface area contributed by atoms with Crippen LogP contribution in [-0.2, 0) is 0 Å². The van der Waals surface area contributed by atoms with E-state index in [1.54, 1.807) is 0 Å². The second kappa shape index (κ2) is 4.58. The Morgan fingerprint density at radius 3 is 2.71 bits per heavy atom. The summed E-state index contributed by atoms with van der Waals surface area (Å²) < 4.78 is 18.8. The minimum atomic E-state index is -0.679. The molecular weight excluding hydrogens is 295 g/mol.